The van der Waals surface area contributed by atoms with Gasteiger partial charge in [0, 0.05) is 16.1 Å². The van der Waals surface area contributed by atoms with Crippen LogP contribution in [0.1, 0.15) is 54.2 Å². The largest absolute Gasteiger partial charge is 0.467 e. The Bertz CT molecular complexity index is 1540. The number of hydrogen-bond donors (Lipinski definition) is 2. The molecule has 1 heterocycles. The summed E-state index contributed by atoms with van der Waals surface area (Å²) in [6, 6.07) is 10.9. The number of benzene rings is 2. The number of ether oxygens (including phenoxy) is 2. The van der Waals surface area contributed by atoms with Crippen molar-refractivity contribution in [2.75, 3.05) is 12.1 Å². The molecule has 2 aromatic carbocycles. The Kier molecular flexibility index (Phi) is 10.1. The van der Waals surface area contributed by atoms with Gasteiger partial charge in [0.15, 0.2) is 5.78 Å². The number of nitrogens with one attached hydrogen (secondary N) is 1. The Labute approximate surface area is 247 Å². The molecular formula is C27H29Cl2N3O8S. The van der Waals surface area contributed by atoms with Crippen LogP contribution in [0.15, 0.2) is 64.1 Å². The fourth-order valence-electron chi connectivity index (χ4n) is 3.98. The van der Waals surface area contributed by atoms with Crippen molar-refractivity contribution in [3.63, 3.8) is 0 Å². The first kappa shape index (κ1) is 31.9. The highest BCUT2D eigenvalue weighted by atomic mass is 35.5. The third-order valence-electron chi connectivity index (χ3n) is 5.80. The van der Waals surface area contributed by atoms with Crippen LogP contribution in [0.25, 0.3) is 0 Å². The van der Waals surface area contributed by atoms with Crippen molar-refractivity contribution in [3.8, 4) is 0 Å². The van der Waals surface area contributed by atoms with E-state index in [0.29, 0.717) is 16.3 Å². The van der Waals surface area contributed by atoms with Crippen molar-refractivity contribution in [3.05, 3.63) is 81.7 Å². The van der Waals surface area contributed by atoms with Crippen LogP contribution >= 0.6 is 23.2 Å². The number of amides is 1. The lowest BCUT2D eigenvalue weighted by Crippen LogP contribution is -2.53. The number of carbonyl (C=O) groups is 3. The number of primary sulfonamides is 1. The number of anilines is 1. The maximum atomic E-state index is 13.1. The summed E-state index contributed by atoms with van der Waals surface area (Å²) in [5.74, 6) is -0.888. The molecule has 3 N–H and O–H groups in total. The van der Waals surface area contributed by atoms with Gasteiger partial charge >= 0.3 is 12.1 Å². The van der Waals surface area contributed by atoms with E-state index in [0.717, 1.165) is 6.07 Å². The van der Waals surface area contributed by atoms with Gasteiger partial charge in [-0.05, 0) is 64.1 Å². The van der Waals surface area contributed by atoms with Crippen LogP contribution in [-0.2, 0) is 26.0 Å². The minimum atomic E-state index is -4.29. The van der Waals surface area contributed by atoms with E-state index in [9.17, 15) is 22.8 Å². The number of furan rings is 1. The summed E-state index contributed by atoms with van der Waals surface area (Å²) in [4.78, 5) is 39.9. The molecule has 220 valence electrons. The molecule has 0 saturated heterocycles. The van der Waals surface area contributed by atoms with Crippen molar-refractivity contribution < 1.29 is 36.7 Å². The second-order valence-electron chi connectivity index (χ2n) is 9.86. The molecule has 0 fully saturated rings. The number of hydrogen-bond acceptors (Lipinski definition) is 9. The first-order chi connectivity index (χ1) is 19.1. The molecule has 41 heavy (non-hydrogen) atoms. The Hall–Kier alpha value is -3.58. The summed E-state index contributed by atoms with van der Waals surface area (Å²) >= 11 is 12.1. The number of nitrogens with zero attached hydrogens (tertiary/aromatic N) is 1. The fraction of sp³-hybridized carbons (Fsp3) is 0.296. The molecule has 0 aliphatic rings. The lowest BCUT2D eigenvalue weighted by atomic mass is 9.98. The Morgan fingerprint density at radius 3 is 2.37 bits per heavy atom. The molecule has 1 unspecified atom stereocenters. The first-order valence-corrected chi connectivity index (χ1v) is 14.5. The molecular weight excluding hydrogens is 597 g/mol. The highest BCUT2D eigenvalue weighted by molar-refractivity contribution is 7.89. The maximum Gasteiger partial charge on any atom is 0.413 e. The number of Topliss-reactive ketones (excluding diaryl/α,β-unsaturated/α-hetero) is 1. The quantitative estimate of drug-likeness (QED) is 0.169. The smallest absolute Gasteiger partial charge is 0.413 e. The van der Waals surface area contributed by atoms with Crippen molar-refractivity contribution in [2.24, 2.45) is 5.14 Å². The van der Waals surface area contributed by atoms with E-state index in [1.54, 1.807) is 58.0 Å². The molecule has 1 atom stereocenters. The average Bonchev–Trinajstić information content (AvgIpc) is 3.39. The maximum absolute atomic E-state index is 13.1. The third kappa shape index (κ3) is 8.23. The Balaban J connectivity index is 1.77. The summed E-state index contributed by atoms with van der Waals surface area (Å²) in [5, 5.41) is 8.30. The number of carbonyl (C=O) groups excluding carboxylic acids is 3. The molecule has 1 amide bonds. The van der Waals surface area contributed by atoms with Crippen molar-refractivity contribution in [2.45, 2.75) is 50.7 Å². The lowest BCUT2D eigenvalue weighted by molar-refractivity contribution is -0.0238. The van der Waals surface area contributed by atoms with Crippen molar-refractivity contribution in [1.82, 2.24) is 4.90 Å². The molecule has 0 saturated carbocycles. The number of rotatable bonds is 10. The second kappa shape index (κ2) is 12.9. The Morgan fingerprint density at radius 2 is 1.78 bits per heavy atom. The van der Waals surface area contributed by atoms with Gasteiger partial charge in [0.1, 0.15) is 10.7 Å². The van der Waals surface area contributed by atoms with Crippen molar-refractivity contribution >= 4 is 56.8 Å². The number of ketones is 1. The molecule has 0 aliphatic carbocycles. The number of sulfonamides is 1. The van der Waals surface area contributed by atoms with E-state index in [-0.39, 0.29) is 28.6 Å². The molecule has 3 aromatic rings. The molecule has 0 bridgehead atoms. The van der Waals surface area contributed by atoms with Crippen LogP contribution in [0.4, 0.5) is 10.5 Å². The molecule has 3 rings (SSSR count). The van der Waals surface area contributed by atoms with Crippen LogP contribution in [-0.4, -0.2) is 49.5 Å². The molecule has 14 heteroatoms. The summed E-state index contributed by atoms with van der Waals surface area (Å²) < 4.78 is 39.6. The summed E-state index contributed by atoms with van der Waals surface area (Å²) in [6.07, 6.45) is 0.535. The van der Waals surface area contributed by atoms with E-state index in [1.807, 2.05) is 0 Å². The third-order valence-corrected chi connectivity index (χ3v) is 7.41. The highest BCUT2D eigenvalue weighted by Gasteiger charge is 2.36. The van der Waals surface area contributed by atoms with Gasteiger partial charge in [-0.15, -0.1) is 0 Å². The van der Waals surface area contributed by atoms with Crippen LogP contribution in [0.5, 0.6) is 0 Å². The Morgan fingerprint density at radius 1 is 1.07 bits per heavy atom. The molecule has 11 nitrogen and oxygen atoms in total. The first-order valence-electron chi connectivity index (χ1n) is 12.1. The van der Waals surface area contributed by atoms with Gasteiger partial charge in [0.25, 0.3) is 0 Å². The van der Waals surface area contributed by atoms with Gasteiger partial charge in [-0.1, -0.05) is 35.3 Å². The fourth-order valence-corrected chi connectivity index (χ4v) is 5.27. The van der Waals surface area contributed by atoms with Crippen molar-refractivity contribution in [1.29, 1.82) is 0 Å². The predicted octanol–water partition coefficient (Wildman–Crippen LogP) is 5.47. The monoisotopic (exact) mass is 625 g/mol. The molecule has 0 radical (unpaired) electrons. The number of nitrogens with two attached hydrogens (primary N) is 1. The van der Waals surface area contributed by atoms with Gasteiger partial charge in [-0.3, -0.25) is 9.69 Å². The highest BCUT2D eigenvalue weighted by Crippen LogP contribution is 2.29. The van der Waals surface area contributed by atoms with Gasteiger partial charge in [0.2, 0.25) is 16.8 Å². The van der Waals surface area contributed by atoms with Crippen LogP contribution in [0.2, 0.25) is 10.0 Å². The SMILES string of the molecule is CC(C(=O)c1cccc(Cl)c1)N(C(=O)OCOC(=O)c1cc(S(N)(=O)=O)c(Cl)cc1NCc1ccco1)C(C)(C)C. The van der Waals surface area contributed by atoms with Crippen LogP contribution < -0.4 is 10.5 Å². The molecule has 0 spiro atoms. The van der Waals surface area contributed by atoms with E-state index in [2.05, 4.69) is 5.32 Å². The van der Waals surface area contributed by atoms with E-state index in [1.165, 1.54) is 23.3 Å². The van der Waals surface area contributed by atoms with Gasteiger partial charge < -0.3 is 19.2 Å². The molecule has 1 aromatic heterocycles. The molecule has 0 aliphatic heterocycles. The number of halogens is 2. The van der Waals surface area contributed by atoms with E-state index in [4.69, 9.17) is 42.2 Å². The zero-order valence-corrected chi connectivity index (χ0v) is 25.0. The lowest BCUT2D eigenvalue weighted by Gasteiger charge is -2.38. The zero-order valence-electron chi connectivity index (χ0n) is 22.6. The zero-order chi connectivity index (χ0) is 30.5. The number of esters is 1. The van der Waals surface area contributed by atoms with Gasteiger partial charge in [-0.2, -0.15) is 0 Å². The van der Waals surface area contributed by atoms with E-state index < -0.39 is 45.4 Å². The van der Waals surface area contributed by atoms with Crippen LogP contribution in [0.3, 0.4) is 0 Å². The predicted molar refractivity (Wildman–Crippen MR) is 152 cm³/mol. The summed E-state index contributed by atoms with van der Waals surface area (Å²) in [7, 11) is -4.29. The summed E-state index contributed by atoms with van der Waals surface area (Å²) in [5.41, 5.74) is -0.676. The second-order valence-corrected chi connectivity index (χ2v) is 12.2. The van der Waals surface area contributed by atoms with Crippen LogP contribution in [0, 0.1) is 0 Å². The van der Waals surface area contributed by atoms with Gasteiger partial charge in [0.05, 0.1) is 35.1 Å². The average molecular weight is 627 g/mol. The summed E-state index contributed by atoms with van der Waals surface area (Å²) in [6.45, 7) is 5.96. The van der Waals surface area contributed by atoms with E-state index >= 15 is 0 Å². The standard InChI is InChI=1S/C27H29Cl2N3O8S/c1-16(24(33)17-7-5-8-18(28)11-17)32(27(2,3)4)26(35)40-15-39-25(34)20-12-23(41(30,36)37)21(29)13-22(20)31-14-19-9-6-10-38-19/h5-13,16,31H,14-15H2,1-4H3,(H2,30,36,37). The topological polar surface area (TPSA) is 158 Å². The minimum Gasteiger partial charge on any atom is -0.467 e. The minimum absolute atomic E-state index is 0.118. The van der Waals surface area contributed by atoms with Gasteiger partial charge in [-0.25, -0.2) is 23.1 Å². The normalized spacial score (nSPS) is 12.4.